The first-order valence-corrected chi connectivity index (χ1v) is 10.1. The maximum absolute atomic E-state index is 14.5. The number of alkyl halides is 1. The number of aliphatic hydroxyl groups excluding tert-OH is 1. The van der Waals surface area contributed by atoms with Crippen LogP contribution in [0, 0.1) is 45.8 Å². The highest BCUT2D eigenvalue weighted by molar-refractivity contribution is 6.01. The fourth-order valence-electron chi connectivity index (χ4n) is 6.92. The topological polar surface area (TPSA) is 87.4 Å². The second kappa shape index (κ2) is 6.81. The number of esters is 1. The van der Waals surface area contributed by atoms with Gasteiger partial charge in [-0.15, -0.1) is 0 Å². The molecule has 4 aliphatic rings. The van der Waals surface area contributed by atoms with Crippen molar-refractivity contribution in [2.45, 2.75) is 45.1 Å². The number of rotatable bonds is 3. The molecule has 5 nitrogen and oxygen atoms in total. The van der Waals surface area contributed by atoms with Crippen molar-refractivity contribution < 1.29 is 23.8 Å². The second-order valence-electron chi connectivity index (χ2n) is 9.06. The van der Waals surface area contributed by atoms with E-state index < -0.39 is 35.5 Å². The van der Waals surface area contributed by atoms with E-state index >= 15 is 0 Å². The minimum Gasteiger partial charge on any atom is -0.450 e. The van der Waals surface area contributed by atoms with E-state index in [2.05, 4.69) is 6.92 Å². The summed E-state index contributed by atoms with van der Waals surface area (Å²) in [6.07, 6.45) is 7.44. The van der Waals surface area contributed by atoms with E-state index in [9.17, 15) is 19.1 Å². The zero-order valence-electron chi connectivity index (χ0n) is 16.1. The fourth-order valence-corrected chi connectivity index (χ4v) is 6.92. The first kappa shape index (κ1) is 19.3. The van der Waals surface area contributed by atoms with Gasteiger partial charge in [0, 0.05) is 16.7 Å². The van der Waals surface area contributed by atoms with Gasteiger partial charge in [0.1, 0.15) is 6.07 Å². The largest absolute Gasteiger partial charge is 0.450 e. The molecule has 1 N–H and O–H groups in total. The van der Waals surface area contributed by atoms with Crippen molar-refractivity contribution in [2.24, 2.45) is 34.5 Å². The van der Waals surface area contributed by atoms with Gasteiger partial charge in [-0.05, 0) is 56.1 Å². The smallest absolute Gasteiger partial charge is 0.310 e. The maximum atomic E-state index is 14.5. The Kier molecular flexibility index (Phi) is 4.70. The van der Waals surface area contributed by atoms with E-state index in [-0.39, 0.29) is 36.6 Å². The Morgan fingerprint density at radius 2 is 2.21 bits per heavy atom. The number of hydrogen-bond donors (Lipinski definition) is 1. The van der Waals surface area contributed by atoms with Crippen LogP contribution in [0.2, 0.25) is 0 Å². The predicted octanol–water partition coefficient (Wildman–Crippen LogP) is 2.90. The minimum absolute atomic E-state index is 0.00469. The molecule has 0 amide bonds. The van der Waals surface area contributed by atoms with Crippen molar-refractivity contribution in [3.8, 4) is 6.07 Å². The molecule has 7 atom stereocenters. The van der Waals surface area contributed by atoms with Gasteiger partial charge in [-0.2, -0.15) is 5.26 Å². The minimum atomic E-state index is -0.918. The van der Waals surface area contributed by atoms with Crippen molar-refractivity contribution in [3.05, 3.63) is 23.8 Å². The summed E-state index contributed by atoms with van der Waals surface area (Å²) in [5.74, 6) is -1.15. The second-order valence-corrected chi connectivity index (χ2v) is 9.06. The Bertz CT molecular complexity index is 799. The van der Waals surface area contributed by atoms with Crippen LogP contribution in [0.1, 0.15) is 39.0 Å². The van der Waals surface area contributed by atoms with E-state index in [4.69, 9.17) is 10.00 Å². The number of carbonyl (C=O) groups excluding carboxylic acids is 2. The molecule has 0 spiro atoms. The lowest BCUT2D eigenvalue weighted by Gasteiger charge is -2.58. The number of nitrogens with zero attached hydrogens (tertiary/aromatic N) is 1. The molecule has 0 aromatic carbocycles. The maximum Gasteiger partial charge on any atom is 0.310 e. The van der Waals surface area contributed by atoms with Crippen LogP contribution in [-0.4, -0.2) is 36.2 Å². The predicted molar refractivity (Wildman–Crippen MR) is 98.4 cm³/mol. The van der Waals surface area contributed by atoms with Crippen molar-refractivity contribution >= 4 is 11.8 Å². The summed E-state index contributed by atoms with van der Waals surface area (Å²) in [5, 5.41) is 19.9. The van der Waals surface area contributed by atoms with E-state index in [1.165, 1.54) is 0 Å². The highest BCUT2D eigenvalue weighted by Crippen LogP contribution is 2.66. The molecular formula is C22H26FNO4. The zero-order chi connectivity index (χ0) is 20.1. The molecule has 0 saturated heterocycles. The lowest BCUT2D eigenvalue weighted by molar-refractivity contribution is -0.164. The molecule has 3 saturated carbocycles. The SMILES string of the molecule is C[C@]12C=CC(=O)C=C1CC[C@H]1[C@@H]3CCC(C(=O)OCC#N)[C@@]3(CF)CC(O)[C@@H]12. The molecule has 0 aromatic heterocycles. The highest BCUT2D eigenvalue weighted by atomic mass is 19.1. The Labute approximate surface area is 164 Å². The molecule has 6 heteroatoms. The van der Waals surface area contributed by atoms with Crippen LogP contribution >= 0.6 is 0 Å². The molecular weight excluding hydrogens is 361 g/mol. The lowest BCUT2D eigenvalue weighted by Crippen LogP contribution is -2.58. The van der Waals surface area contributed by atoms with Crippen LogP contribution in [0.4, 0.5) is 4.39 Å². The van der Waals surface area contributed by atoms with E-state index in [0.29, 0.717) is 6.42 Å². The van der Waals surface area contributed by atoms with Gasteiger partial charge in [-0.1, -0.05) is 18.6 Å². The van der Waals surface area contributed by atoms with Crippen LogP contribution in [0.5, 0.6) is 0 Å². The van der Waals surface area contributed by atoms with Crippen molar-refractivity contribution in [3.63, 3.8) is 0 Å². The number of carbonyl (C=O) groups is 2. The summed E-state index contributed by atoms with van der Waals surface area (Å²) in [7, 11) is 0. The Hall–Kier alpha value is -2.00. The summed E-state index contributed by atoms with van der Waals surface area (Å²) in [5.41, 5.74) is -0.271. The van der Waals surface area contributed by atoms with E-state index in [1.54, 1.807) is 18.2 Å². The summed E-state index contributed by atoms with van der Waals surface area (Å²) in [6.45, 7) is 1.07. The van der Waals surface area contributed by atoms with Crippen LogP contribution in [0.15, 0.2) is 23.8 Å². The van der Waals surface area contributed by atoms with Crippen LogP contribution in [0.25, 0.3) is 0 Å². The Morgan fingerprint density at radius 1 is 1.43 bits per heavy atom. The zero-order valence-corrected chi connectivity index (χ0v) is 16.1. The molecule has 2 unspecified atom stereocenters. The van der Waals surface area contributed by atoms with Gasteiger partial charge in [0.25, 0.3) is 0 Å². The van der Waals surface area contributed by atoms with Crippen molar-refractivity contribution in [2.75, 3.05) is 13.3 Å². The molecule has 4 rings (SSSR count). The molecule has 3 fully saturated rings. The standard InChI is InChI=1S/C22H26FNO4/c1-21-7-6-14(25)10-13(21)2-3-15-16-4-5-17(20(27)28-9-8-24)22(16,12-23)11-18(26)19(15)21/h6-7,10,15-19,26H,2-5,9,11-12H2,1H3/t15-,16-,17?,18?,19+,21-,22+/m0/s1. The lowest BCUT2D eigenvalue weighted by atomic mass is 9.46. The first-order chi connectivity index (χ1) is 13.4. The molecule has 28 heavy (non-hydrogen) atoms. The summed E-state index contributed by atoms with van der Waals surface area (Å²) in [6, 6.07) is 1.79. The van der Waals surface area contributed by atoms with E-state index in [1.807, 2.05) is 6.08 Å². The van der Waals surface area contributed by atoms with Crippen molar-refractivity contribution in [1.82, 2.24) is 0 Å². The molecule has 0 aromatic rings. The van der Waals surface area contributed by atoms with Gasteiger partial charge < -0.3 is 9.84 Å². The monoisotopic (exact) mass is 387 g/mol. The van der Waals surface area contributed by atoms with E-state index in [0.717, 1.165) is 24.8 Å². The Morgan fingerprint density at radius 3 is 2.93 bits per heavy atom. The summed E-state index contributed by atoms with van der Waals surface area (Å²) < 4.78 is 19.5. The third-order valence-corrected chi connectivity index (χ3v) is 8.03. The fraction of sp³-hybridized carbons (Fsp3) is 0.682. The Balaban J connectivity index is 1.68. The van der Waals surface area contributed by atoms with Gasteiger partial charge >= 0.3 is 5.97 Å². The van der Waals surface area contributed by atoms with Crippen LogP contribution in [-0.2, 0) is 14.3 Å². The van der Waals surface area contributed by atoms with Gasteiger partial charge in [0.05, 0.1) is 18.7 Å². The van der Waals surface area contributed by atoms with Crippen LogP contribution in [0.3, 0.4) is 0 Å². The third kappa shape index (κ3) is 2.59. The third-order valence-electron chi connectivity index (χ3n) is 8.03. The summed E-state index contributed by atoms with van der Waals surface area (Å²) >= 11 is 0. The molecule has 4 aliphatic carbocycles. The first-order valence-electron chi connectivity index (χ1n) is 10.1. The van der Waals surface area contributed by atoms with Gasteiger partial charge in [-0.25, -0.2) is 0 Å². The number of fused-ring (bicyclic) bond motifs is 5. The molecule has 0 radical (unpaired) electrons. The number of nitriles is 1. The van der Waals surface area contributed by atoms with Gasteiger partial charge in [0.2, 0.25) is 0 Å². The molecule has 0 bridgehead atoms. The molecule has 0 aliphatic heterocycles. The molecule has 150 valence electrons. The normalized spacial score (nSPS) is 44.0. The average molecular weight is 387 g/mol. The molecule has 0 heterocycles. The quantitative estimate of drug-likeness (QED) is 0.753. The average Bonchev–Trinajstić information content (AvgIpc) is 3.06. The number of allylic oxidation sites excluding steroid dienone is 4. The van der Waals surface area contributed by atoms with Crippen molar-refractivity contribution in [1.29, 1.82) is 5.26 Å². The number of ketones is 1. The van der Waals surface area contributed by atoms with Crippen LogP contribution < -0.4 is 0 Å². The number of ether oxygens (including phenoxy) is 1. The highest BCUT2D eigenvalue weighted by Gasteiger charge is 2.65. The number of halogens is 1. The number of aliphatic hydroxyl groups is 1. The van der Waals surface area contributed by atoms with Gasteiger partial charge in [0.15, 0.2) is 12.4 Å². The van der Waals surface area contributed by atoms with Gasteiger partial charge in [-0.3, -0.25) is 14.0 Å². The summed E-state index contributed by atoms with van der Waals surface area (Å²) in [4.78, 5) is 24.4. The number of hydrogen-bond acceptors (Lipinski definition) is 5.